The van der Waals surface area contributed by atoms with Crippen LogP contribution in [-0.4, -0.2) is 11.9 Å². The van der Waals surface area contributed by atoms with Crippen molar-refractivity contribution in [2.45, 2.75) is 39.7 Å². The van der Waals surface area contributed by atoms with Crippen molar-refractivity contribution in [3.8, 4) is 0 Å². The van der Waals surface area contributed by atoms with Crippen molar-refractivity contribution in [3.05, 3.63) is 35.4 Å². The van der Waals surface area contributed by atoms with Gasteiger partial charge in [0.1, 0.15) is 0 Å². The van der Waals surface area contributed by atoms with E-state index in [4.69, 9.17) is 0 Å². The van der Waals surface area contributed by atoms with E-state index >= 15 is 0 Å². The van der Waals surface area contributed by atoms with Gasteiger partial charge in [0.2, 0.25) is 0 Å². The van der Waals surface area contributed by atoms with Gasteiger partial charge in [-0.15, -0.1) is 0 Å². The minimum absolute atomic E-state index is 0.0579. The van der Waals surface area contributed by atoms with E-state index in [1.165, 1.54) is 5.56 Å². The van der Waals surface area contributed by atoms with Crippen molar-refractivity contribution in [2.75, 3.05) is 0 Å². The van der Waals surface area contributed by atoms with E-state index in [0.717, 1.165) is 18.4 Å². The van der Waals surface area contributed by atoms with Gasteiger partial charge in [0.05, 0.1) is 0 Å². The summed E-state index contributed by atoms with van der Waals surface area (Å²) in [5, 5.41) is 2.95. The Labute approximate surface area is 91.7 Å². The molecule has 1 saturated carbocycles. The normalized spacial score (nSPS) is 13.8. The predicted molar refractivity (Wildman–Crippen MR) is 63.0 cm³/mol. The lowest BCUT2D eigenvalue weighted by molar-refractivity contribution is 0.0951. The highest BCUT2D eigenvalue weighted by Crippen LogP contribution is 2.19. The van der Waals surface area contributed by atoms with E-state index in [1.807, 2.05) is 45.0 Å². The van der Waals surface area contributed by atoms with Crippen LogP contribution >= 0.6 is 0 Å². The number of carbonyl (C=O) groups excluding carboxylic acids is 1. The molecule has 1 aliphatic carbocycles. The molecule has 2 nitrogen and oxygen atoms in total. The van der Waals surface area contributed by atoms with E-state index in [2.05, 4.69) is 5.32 Å². The number of aryl methyl sites for hydroxylation is 1. The van der Waals surface area contributed by atoms with Gasteiger partial charge in [-0.2, -0.15) is 0 Å². The molecule has 0 aromatic heterocycles. The molecule has 0 bridgehead atoms. The Kier molecular flexibility index (Phi) is 4.35. The highest BCUT2D eigenvalue weighted by molar-refractivity contribution is 5.94. The van der Waals surface area contributed by atoms with Crippen LogP contribution in [0.15, 0.2) is 24.3 Å². The van der Waals surface area contributed by atoms with Gasteiger partial charge in [-0.1, -0.05) is 31.5 Å². The SMILES string of the molecule is CC.Cc1ccc(C(=O)NC2CC2)cc1. The Hall–Kier alpha value is -1.31. The van der Waals surface area contributed by atoms with Crippen LogP contribution in [0.3, 0.4) is 0 Å². The molecule has 1 N–H and O–H groups in total. The van der Waals surface area contributed by atoms with Crippen LogP contribution in [-0.2, 0) is 0 Å². The summed E-state index contributed by atoms with van der Waals surface area (Å²) >= 11 is 0. The molecule has 1 aromatic rings. The smallest absolute Gasteiger partial charge is 0.251 e. The lowest BCUT2D eigenvalue weighted by Gasteiger charge is -2.02. The molecule has 1 fully saturated rings. The Balaban J connectivity index is 0.000000531. The van der Waals surface area contributed by atoms with Gasteiger partial charge < -0.3 is 5.32 Å². The van der Waals surface area contributed by atoms with Crippen molar-refractivity contribution < 1.29 is 4.79 Å². The molecule has 15 heavy (non-hydrogen) atoms. The van der Waals surface area contributed by atoms with Crippen LogP contribution in [0.5, 0.6) is 0 Å². The number of nitrogens with one attached hydrogen (secondary N) is 1. The van der Waals surface area contributed by atoms with Gasteiger partial charge in [0.25, 0.3) is 5.91 Å². The Bertz CT molecular complexity index is 312. The molecule has 82 valence electrons. The average Bonchev–Trinajstić information content (AvgIpc) is 3.06. The maximum absolute atomic E-state index is 11.5. The van der Waals surface area contributed by atoms with Gasteiger partial charge in [0, 0.05) is 11.6 Å². The van der Waals surface area contributed by atoms with Crippen molar-refractivity contribution in [1.29, 1.82) is 0 Å². The van der Waals surface area contributed by atoms with Crippen LogP contribution in [0.4, 0.5) is 0 Å². The molecule has 0 unspecified atom stereocenters. The summed E-state index contributed by atoms with van der Waals surface area (Å²) in [6.45, 7) is 6.02. The standard InChI is InChI=1S/C11H13NO.C2H6/c1-8-2-4-9(5-3-8)11(13)12-10-6-7-10;1-2/h2-5,10H,6-7H2,1H3,(H,12,13);1-2H3. The van der Waals surface area contributed by atoms with E-state index in [9.17, 15) is 4.79 Å². The molecular weight excluding hydrogens is 186 g/mol. The second-order valence-corrected chi connectivity index (χ2v) is 3.61. The van der Waals surface area contributed by atoms with Gasteiger partial charge in [-0.25, -0.2) is 0 Å². The predicted octanol–water partition coefficient (Wildman–Crippen LogP) is 2.91. The summed E-state index contributed by atoms with van der Waals surface area (Å²) in [6, 6.07) is 8.10. The third-order valence-corrected chi connectivity index (χ3v) is 2.23. The zero-order valence-corrected chi connectivity index (χ0v) is 9.71. The summed E-state index contributed by atoms with van der Waals surface area (Å²) in [6.07, 6.45) is 2.27. The first kappa shape index (κ1) is 11.8. The lowest BCUT2D eigenvalue weighted by atomic mass is 10.1. The monoisotopic (exact) mass is 205 g/mol. The quantitative estimate of drug-likeness (QED) is 0.790. The number of hydrogen-bond donors (Lipinski definition) is 1. The highest BCUT2D eigenvalue weighted by atomic mass is 16.1. The van der Waals surface area contributed by atoms with Crippen molar-refractivity contribution in [1.82, 2.24) is 5.32 Å². The second-order valence-electron chi connectivity index (χ2n) is 3.61. The maximum atomic E-state index is 11.5. The van der Waals surface area contributed by atoms with Crippen molar-refractivity contribution in [2.24, 2.45) is 0 Å². The summed E-state index contributed by atoms with van der Waals surface area (Å²) in [7, 11) is 0. The van der Waals surface area contributed by atoms with E-state index in [0.29, 0.717) is 6.04 Å². The van der Waals surface area contributed by atoms with Crippen molar-refractivity contribution >= 4 is 5.91 Å². The first-order valence-electron chi connectivity index (χ1n) is 5.63. The molecule has 1 aromatic carbocycles. The molecule has 0 radical (unpaired) electrons. The molecule has 2 rings (SSSR count). The number of benzene rings is 1. The molecule has 1 amide bonds. The second kappa shape index (κ2) is 5.54. The average molecular weight is 205 g/mol. The maximum Gasteiger partial charge on any atom is 0.251 e. The minimum Gasteiger partial charge on any atom is -0.349 e. The first-order chi connectivity index (χ1) is 7.25. The fourth-order valence-electron chi connectivity index (χ4n) is 1.20. The number of rotatable bonds is 2. The summed E-state index contributed by atoms with van der Waals surface area (Å²) in [5.74, 6) is 0.0579. The Morgan fingerprint density at radius 1 is 1.20 bits per heavy atom. The Morgan fingerprint density at radius 3 is 2.20 bits per heavy atom. The molecule has 0 heterocycles. The molecule has 0 atom stereocenters. The zero-order chi connectivity index (χ0) is 11.3. The Morgan fingerprint density at radius 2 is 1.73 bits per heavy atom. The van der Waals surface area contributed by atoms with E-state index in [1.54, 1.807) is 0 Å². The fourth-order valence-corrected chi connectivity index (χ4v) is 1.20. The van der Waals surface area contributed by atoms with E-state index in [-0.39, 0.29) is 5.91 Å². The molecule has 0 saturated heterocycles. The number of hydrogen-bond acceptors (Lipinski definition) is 1. The van der Waals surface area contributed by atoms with Crippen LogP contribution in [0, 0.1) is 6.92 Å². The van der Waals surface area contributed by atoms with Crippen LogP contribution in [0.2, 0.25) is 0 Å². The van der Waals surface area contributed by atoms with Crippen molar-refractivity contribution in [3.63, 3.8) is 0 Å². The largest absolute Gasteiger partial charge is 0.349 e. The van der Waals surface area contributed by atoms with Crippen LogP contribution < -0.4 is 5.32 Å². The minimum atomic E-state index is 0.0579. The van der Waals surface area contributed by atoms with Gasteiger partial charge >= 0.3 is 0 Å². The molecule has 0 aliphatic heterocycles. The van der Waals surface area contributed by atoms with Gasteiger partial charge in [-0.3, -0.25) is 4.79 Å². The lowest BCUT2D eigenvalue weighted by Crippen LogP contribution is -2.25. The van der Waals surface area contributed by atoms with Crippen LogP contribution in [0.25, 0.3) is 0 Å². The summed E-state index contributed by atoms with van der Waals surface area (Å²) in [4.78, 5) is 11.5. The molecular formula is C13H19NO. The number of amides is 1. The summed E-state index contributed by atoms with van der Waals surface area (Å²) in [5.41, 5.74) is 1.94. The topological polar surface area (TPSA) is 29.1 Å². The van der Waals surface area contributed by atoms with Crippen LogP contribution in [0.1, 0.15) is 42.6 Å². The highest BCUT2D eigenvalue weighted by Gasteiger charge is 2.23. The van der Waals surface area contributed by atoms with Gasteiger partial charge in [0.15, 0.2) is 0 Å². The summed E-state index contributed by atoms with van der Waals surface area (Å²) < 4.78 is 0. The molecule has 2 heteroatoms. The third kappa shape index (κ3) is 3.74. The first-order valence-corrected chi connectivity index (χ1v) is 5.63. The van der Waals surface area contributed by atoms with Gasteiger partial charge in [-0.05, 0) is 31.9 Å². The third-order valence-electron chi connectivity index (χ3n) is 2.23. The molecule has 1 aliphatic rings. The zero-order valence-electron chi connectivity index (χ0n) is 9.71. The number of carbonyl (C=O) groups is 1. The van der Waals surface area contributed by atoms with E-state index < -0.39 is 0 Å². The fraction of sp³-hybridized carbons (Fsp3) is 0.462. The molecule has 0 spiro atoms.